The number of sulfonamides is 1. The summed E-state index contributed by atoms with van der Waals surface area (Å²) in [6.45, 7) is 9.87. The lowest BCUT2D eigenvalue weighted by molar-refractivity contribution is 0.597. The van der Waals surface area contributed by atoms with Gasteiger partial charge in [0, 0.05) is 25.2 Å². The molecule has 1 aromatic carbocycles. The minimum atomic E-state index is -3.71. The number of hydrogen-bond acceptors (Lipinski definition) is 6. The summed E-state index contributed by atoms with van der Waals surface area (Å²) in [5, 5.41) is 8.67. The highest BCUT2D eigenvalue weighted by atomic mass is 32.2. The van der Waals surface area contributed by atoms with Crippen molar-refractivity contribution in [3.05, 3.63) is 41.1 Å². The molecule has 7 nitrogen and oxygen atoms in total. The average molecular weight is 404 g/mol. The van der Waals surface area contributed by atoms with E-state index in [1.807, 2.05) is 12.1 Å². The number of primary sulfonamides is 1. The first-order chi connectivity index (χ1) is 13.2. The van der Waals surface area contributed by atoms with Gasteiger partial charge in [-0.3, -0.25) is 0 Å². The maximum Gasteiger partial charge on any atom is 0.238 e. The van der Waals surface area contributed by atoms with Crippen LogP contribution in [0.2, 0.25) is 0 Å². The fraction of sp³-hybridized carbons (Fsp3) is 0.500. The van der Waals surface area contributed by atoms with E-state index >= 15 is 0 Å². The van der Waals surface area contributed by atoms with Crippen molar-refractivity contribution < 1.29 is 8.42 Å². The topological polar surface area (TPSA) is 101 Å². The lowest BCUT2D eigenvalue weighted by Gasteiger charge is -2.31. The van der Waals surface area contributed by atoms with E-state index in [0.717, 1.165) is 42.0 Å². The Kier molecular flexibility index (Phi) is 5.90. The van der Waals surface area contributed by atoms with Crippen molar-refractivity contribution in [1.82, 2.24) is 9.97 Å². The summed E-state index contributed by atoms with van der Waals surface area (Å²) in [5.41, 5.74) is 3.11. The van der Waals surface area contributed by atoms with E-state index in [1.54, 1.807) is 12.1 Å². The van der Waals surface area contributed by atoms with Gasteiger partial charge in [-0.1, -0.05) is 26.8 Å². The van der Waals surface area contributed by atoms with Gasteiger partial charge in [0.05, 0.1) is 10.6 Å². The molecule has 0 aliphatic carbocycles. The van der Waals surface area contributed by atoms with Crippen LogP contribution < -0.4 is 15.4 Å². The minimum absolute atomic E-state index is 0.151. The molecule has 0 fully saturated rings. The van der Waals surface area contributed by atoms with Crippen LogP contribution in [0.4, 0.5) is 11.8 Å². The van der Waals surface area contributed by atoms with Crippen molar-refractivity contribution in [2.75, 3.05) is 16.8 Å². The number of benzene rings is 1. The molecule has 3 rings (SSSR count). The number of hydrogen-bond donors (Lipinski definition) is 2. The van der Waals surface area contributed by atoms with Gasteiger partial charge in [-0.15, -0.1) is 0 Å². The zero-order chi connectivity index (χ0) is 20.5. The maximum absolute atomic E-state index is 11.7. The van der Waals surface area contributed by atoms with Crippen LogP contribution in [0, 0.1) is 0 Å². The van der Waals surface area contributed by atoms with Crippen molar-refractivity contribution in [3.63, 3.8) is 0 Å². The molecular formula is C20H29N5O2S. The third kappa shape index (κ3) is 4.62. The van der Waals surface area contributed by atoms with Gasteiger partial charge < -0.3 is 10.2 Å². The molecule has 0 bridgehead atoms. The molecule has 1 aliphatic heterocycles. The van der Waals surface area contributed by atoms with E-state index in [1.165, 1.54) is 0 Å². The number of anilines is 2. The summed E-state index contributed by atoms with van der Waals surface area (Å²) in [6, 6.07) is 7.44. The zero-order valence-corrected chi connectivity index (χ0v) is 17.8. The largest absolute Gasteiger partial charge is 0.352 e. The van der Waals surface area contributed by atoms with Crippen LogP contribution >= 0.6 is 0 Å². The first kappa shape index (κ1) is 20.5. The zero-order valence-electron chi connectivity index (χ0n) is 16.9. The monoisotopic (exact) mass is 403 g/mol. The van der Waals surface area contributed by atoms with Gasteiger partial charge >= 0.3 is 0 Å². The Hall–Kier alpha value is -2.19. The molecule has 0 radical (unpaired) electrons. The fourth-order valence-corrected chi connectivity index (χ4v) is 3.77. The predicted molar refractivity (Wildman–Crippen MR) is 112 cm³/mol. The second kappa shape index (κ2) is 8.05. The second-order valence-electron chi connectivity index (χ2n) is 7.73. The molecule has 0 saturated heterocycles. The van der Waals surface area contributed by atoms with Gasteiger partial charge in [-0.2, -0.15) is 4.98 Å². The van der Waals surface area contributed by atoms with E-state index in [-0.39, 0.29) is 16.9 Å². The molecule has 2 aromatic rings. The van der Waals surface area contributed by atoms with Gasteiger partial charge in [0.15, 0.2) is 0 Å². The van der Waals surface area contributed by atoms with Gasteiger partial charge in [-0.25, -0.2) is 18.5 Å². The van der Waals surface area contributed by atoms with Crippen LogP contribution in [0.15, 0.2) is 29.2 Å². The van der Waals surface area contributed by atoms with Crippen molar-refractivity contribution in [2.24, 2.45) is 5.14 Å². The van der Waals surface area contributed by atoms with Gasteiger partial charge in [-0.05, 0) is 48.9 Å². The predicted octanol–water partition coefficient (Wildman–Crippen LogP) is 3.02. The molecule has 8 heteroatoms. The summed E-state index contributed by atoms with van der Waals surface area (Å²) in [5.74, 6) is 1.78. The Morgan fingerprint density at radius 3 is 2.57 bits per heavy atom. The number of fused-ring (bicyclic) bond motifs is 1. The molecule has 3 N–H and O–H groups in total. The van der Waals surface area contributed by atoms with Crippen LogP contribution in [0.3, 0.4) is 0 Å². The summed E-state index contributed by atoms with van der Waals surface area (Å²) >= 11 is 0. The van der Waals surface area contributed by atoms with Gasteiger partial charge in [0.1, 0.15) is 5.82 Å². The Labute approximate surface area is 167 Å². The lowest BCUT2D eigenvalue weighted by atomic mass is 10.00. The molecule has 0 unspecified atom stereocenters. The van der Waals surface area contributed by atoms with Crippen LogP contribution in [-0.4, -0.2) is 31.0 Å². The van der Waals surface area contributed by atoms with E-state index in [9.17, 15) is 8.42 Å². The molecular weight excluding hydrogens is 374 g/mol. The number of aromatic nitrogens is 2. The van der Waals surface area contributed by atoms with Crippen LogP contribution in [0.25, 0.3) is 0 Å². The smallest absolute Gasteiger partial charge is 0.238 e. The highest BCUT2D eigenvalue weighted by Gasteiger charge is 2.21. The number of nitrogens with zero attached hydrogens (tertiary/aromatic N) is 3. The van der Waals surface area contributed by atoms with E-state index in [4.69, 9.17) is 10.1 Å². The van der Waals surface area contributed by atoms with E-state index < -0.39 is 10.0 Å². The lowest BCUT2D eigenvalue weighted by Crippen LogP contribution is -2.32. The van der Waals surface area contributed by atoms with Crippen LogP contribution in [0.1, 0.15) is 56.9 Å². The first-order valence-corrected chi connectivity index (χ1v) is 11.3. The molecule has 0 amide bonds. The Morgan fingerprint density at radius 1 is 1.18 bits per heavy atom. The molecule has 2 heterocycles. The quantitative estimate of drug-likeness (QED) is 0.769. The average Bonchev–Trinajstić information content (AvgIpc) is 2.66. The Balaban J connectivity index is 1.94. The summed E-state index contributed by atoms with van der Waals surface area (Å²) in [4.78, 5) is 11.7. The van der Waals surface area contributed by atoms with E-state index in [2.05, 4.69) is 42.9 Å². The molecule has 0 saturated carbocycles. The molecule has 1 aliphatic rings. The number of nitrogens with one attached hydrogen (secondary N) is 1. The summed E-state index contributed by atoms with van der Waals surface area (Å²) in [6.07, 6.45) is 1.81. The second-order valence-corrected chi connectivity index (χ2v) is 9.29. The standard InChI is InChI=1S/C20H29N5O2S/c1-5-14(4)22-20-23-18(13(2)3)11-19(24-20)25-9-8-15-6-7-17(28(21,26)27)10-16(15)12-25/h6-7,10-11,13-14H,5,8-9,12H2,1-4H3,(H2,21,26,27)(H,22,23,24)/t14-/m1/s1. The highest BCUT2D eigenvalue weighted by Crippen LogP contribution is 2.27. The molecule has 0 spiro atoms. The first-order valence-electron chi connectivity index (χ1n) is 9.72. The van der Waals surface area contributed by atoms with Gasteiger partial charge in [0.2, 0.25) is 16.0 Å². The maximum atomic E-state index is 11.7. The van der Waals surface area contributed by atoms with Crippen molar-refractivity contribution in [2.45, 2.75) is 63.9 Å². The molecule has 28 heavy (non-hydrogen) atoms. The third-order valence-corrected chi connectivity index (χ3v) is 6.07. The number of nitrogens with two attached hydrogens (primary N) is 1. The van der Waals surface area contributed by atoms with E-state index in [0.29, 0.717) is 12.5 Å². The van der Waals surface area contributed by atoms with Gasteiger partial charge in [0.25, 0.3) is 0 Å². The molecule has 152 valence electrons. The summed E-state index contributed by atoms with van der Waals surface area (Å²) in [7, 11) is -3.71. The Morgan fingerprint density at radius 2 is 1.93 bits per heavy atom. The van der Waals surface area contributed by atoms with Crippen LogP contribution in [0.5, 0.6) is 0 Å². The summed E-state index contributed by atoms with van der Waals surface area (Å²) < 4.78 is 23.4. The fourth-order valence-electron chi connectivity index (χ4n) is 3.20. The minimum Gasteiger partial charge on any atom is -0.352 e. The van der Waals surface area contributed by atoms with Crippen molar-refractivity contribution in [1.29, 1.82) is 0 Å². The SMILES string of the molecule is CC[C@@H](C)Nc1nc(C(C)C)cc(N2CCc3ccc(S(N)(=O)=O)cc3C2)n1. The normalized spacial score (nSPS) is 15.4. The highest BCUT2D eigenvalue weighted by molar-refractivity contribution is 7.89. The third-order valence-electron chi connectivity index (χ3n) is 5.15. The van der Waals surface area contributed by atoms with Crippen LogP contribution in [-0.2, 0) is 23.0 Å². The Bertz CT molecular complexity index is 959. The number of rotatable bonds is 6. The molecule has 1 aromatic heterocycles. The van der Waals surface area contributed by atoms with Crippen molar-refractivity contribution >= 4 is 21.8 Å². The molecule has 1 atom stereocenters. The van der Waals surface area contributed by atoms with Crippen molar-refractivity contribution in [3.8, 4) is 0 Å².